The zero-order valence-corrected chi connectivity index (χ0v) is 17.6. The predicted molar refractivity (Wildman–Crippen MR) is 115 cm³/mol. The molecule has 3 aromatic rings. The van der Waals surface area contributed by atoms with E-state index in [9.17, 15) is 4.79 Å². The lowest BCUT2D eigenvalue weighted by Crippen LogP contribution is -2.39. The van der Waals surface area contributed by atoms with Crippen LogP contribution in [-0.2, 0) is 4.79 Å². The van der Waals surface area contributed by atoms with Crippen molar-refractivity contribution in [3.63, 3.8) is 0 Å². The zero-order valence-electron chi connectivity index (χ0n) is 16.8. The van der Waals surface area contributed by atoms with Crippen molar-refractivity contribution in [2.45, 2.75) is 39.5 Å². The monoisotopic (exact) mass is 397 g/mol. The van der Waals surface area contributed by atoms with E-state index < -0.39 is 0 Å². The van der Waals surface area contributed by atoms with E-state index in [0.29, 0.717) is 6.54 Å². The van der Waals surface area contributed by atoms with Gasteiger partial charge in [0.1, 0.15) is 0 Å². The molecule has 0 radical (unpaired) electrons. The Morgan fingerprint density at radius 2 is 1.79 bits per heavy atom. The van der Waals surface area contributed by atoms with Crippen molar-refractivity contribution in [1.29, 1.82) is 0 Å². The summed E-state index contributed by atoms with van der Waals surface area (Å²) in [4.78, 5) is 21.5. The number of hydrogen-bond acceptors (Lipinski definition) is 5. The molecule has 1 saturated heterocycles. The second kappa shape index (κ2) is 7.91. The summed E-state index contributed by atoms with van der Waals surface area (Å²) in [7, 11) is 1.95. The van der Waals surface area contributed by atoms with Crippen LogP contribution in [0.1, 0.15) is 36.9 Å². The van der Waals surface area contributed by atoms with E-state index in [4.69, 9.17) is 4.98 Å². The second-order valence-electron chi connectivity index (χ2n) is 7.63. The minimum absolute atomic E-state index is 0.195. The summed E-state index contributed by atoms with van der Waals surface area (Å²) in [5.74, 6) is 0.195. The maximum atomic E-state index is 12.7. The summed E-state index contributed by atoms with van der Waals surface area (Å²) < 4.78 is 2.97. The van der Waals surface area contributed by atoms with E-state index in [0.717, 1.165) is 52.8 Å². The van der Waals surface area contributed by atoms with Crippen LogP contribution < -0.4 is 4.90 Å². The Kier molecular flexibility index (Phi) is 5.35. The Labute approximate surface area is 169 Å². The number of aryl methyl sites for hydroxylation is 2. The highest BCUT2D eigenvalue weighted by Crippen LogP contribution is 2.32. The van der Waals surface area contributed by atoms with Gasteiger partial charge in [-0.3, -0.25) is 4.79 Å². The molecule has 0 spiro atoms. The lowest BCUT2D eigenvalue weighted by atomic mass is 10.2. The lowest BCUT2D eigenvalue weighted by Gasteiger charge is -2.23. The SMILES string of the molecule is Cc1ccc(-n2nc(C)c3sc(N(C)CC(=O)N4CCCCCC4)nc32)cc1. The standard InChI is InChI=1S/C21H27N5OS/c1-15-8-10-17(11-9-15)26-20-19(16(2)23-26)28-21(22-20)24(3)14-18(27)25-12-6-4-5-7-13-25/h8-11H,4-7,12-14H2,1-3H3. The van der Waals surface area contributed by atoms with Crippen LogP contribution >= 0.6 is 11.3 Å². The number of fused-ring (bicyclic) bond motifs is 1. The van der Waals surface area contributed by atoms with Gasteiger partial charge in [-0.25, -0.2) is 4.68 Å². The number of aromatic nitrogens is 3. The quantitative estimate of drug-likeness (QED) is 0.669. The largest absolute Gasteiger partial charge is 0.342 e. The van der Waals surface area contributed by atoms with E-state index >= 15 is 0 Å². The number of anilines is 1. The van der Waals surface area contributed by atoms with Crippen molar-refractivity contribution in [1.82, 2.24) is 19.7 Å². The van der Waals surface area contributed by atoms with E-state index in [-0.39, 0.29) is 5.91 Å². The third-order valence-electron chi connectivity index (χ3n) is 5.31. The van der Waals surface area contributed by atoms with Crippen LogP contribution in [0.5, 0.6) is 0 Å². The van der Waals surface area contributed by atoms with E-state index in [1.165, 1.54) is 18.4 Å². The fourth-order valence-electron chi connectivity index (χ4n) is 3.64. The third kappa shape index (κ3) is 3.76. The van der Waals surface area contributed by atoms with E-state index in [1.807, 2.05) is 28.5 Å². The van der Waals surface area contributed by atoms with Gasteiger partial charge >= 0.3 is 0 Å². The molecule has 28 heavy (non-hydrogen) atoms. The molecule has 6 nitrogen and oxygen atoms in total. The number of carbonyl (C=O) groups is 1. The number of thiazole rings is 1. The Balaban J connectivity index is 1.56. The highest BCUT2D eigenvalue weighted by molar-refractivity contribution is 7.22. The van der Waals surface area contributed by atoms with E-state index in [2.05, 4.69) is 36.3 Å². The van der Waals surface area contributed by atoms with Gasteiger partial charge in [0.2, 0.25) is 5.91 Å². The number of amides is 1. The molecule has 0 bridgehead atoms. The molecule has 0 aliphatic carbocycles. The summed E-state index contributed by atoms with van der Waals surface area (Å²) >= 11 is 1.60. The smallest absolute Gasteiger partial charge is 0.242 e. The van der Waals surface area contributed by atoms with Crippen LogP contribution in [0.4, 0.5) is 5.13 Å². The molecule has 148 valence electrons. The van der Waals surface area contributed by atoms with Gasteiger partial charge in [0.25, 0.3) is 0 Å². The van der Waals surface area contributed by atoms with Crippen molar-refractivity contribution < 1.29 is 4.79 Å². The minimum Gasteiger partial charge on any atom is -0.342 e. The van der Waals surface area contributed by atoms with Crippen LogP contribution in [0.2, 0.25) is 0 Å². The van der Waals surface area contributed by atoms with Gasteiger partial charge in [0, 0.05) is 20.1 Å². The molecule has 3 heterocycles. The van der Waals surface area contributed by atoms with Crippen molar-refractivity contribution in [2.24, 2.45) is 0 Å². The normalized spacial score (nSPS) is 15.0. The van der Waals surface area contributed by atoms with Crippen molar-refractivity contribution in [3.05, 3.63) is 35.5 Å². The molecule has 0 unspecified atom stereocenters. The number of benzene rings is 1. The summed E-state index contributed by atoms with van der Waals surface area (Å²) in [6.07, 6.45) is 4.68. The molecule has 1 aromatic carbocycles. The third-order valence-corrected chi connectivity index (χ3v) is 6.58. The Morgan fingerprint density at radius 1 is 1.11 bits per heavy atom. The highest BCUT2D eigenvalue weighted by atomic mass is 32.1. The first-order valence-electron chi connectivity index (χ1n) is 9.95. The Hall–Kier alpha value is -2.41. The van der Waals surface area contributed by atoms with E-state index in [1.54, 1.807) is 11.3 Å². The van der Waals surface area contributed by atoms with Gasteiger partial charge in [0.05, 0.1) is 22.6 Å². The maximum Gasteiger partial charge on any atom is 0.242 e. The van der Waals surface area contributed by atoms with Gasteiger partial charge in [-0.05, 0) is 38.8 Å². The van der Waals surface area contributed by atoms with Crippen molar-refractivity contribution >= 4 is 32.7 Å². The molecule has 0 atom stereocenters. The number of likely N-dealkylation sites (tertiary alicyclic amines) is 1. The summed E-state index contributed by atoms with van der Waals surface area (Å²) in [6.45, 7) is 6.22. The van der Waals surface area contributed by atoms with Crippen LogP contribution in [0.25, 0.3) is 16.0 Å². The zero-order chi connectivity index (χ0) is 19.7. The molecule has 1 amide bonds. The predicted octanol–water partition coefficient (Wildman–Crippen LogP) is 3.94. The first-order chi connectivity index (χ1) is 13.5. The number of nitrogens with zero attached hydrogens (tertiary/aromatic N) is 5. The average molecular weight is 398 g/mol. The molecule has 1 aliphatic heterocycles. The first kappa shape index (κ1) is 18.9. The molecule has 1 aliphatic rings. The molecular weight excluding hydrogens is 370 g/mol. The summed E-state index contributed by atoms with van der Waals surface area (Å²) in [5, 5.41) is 5.53. The van der Waals surface area contributed by atoms with Gasteiger partial charge in [-0.15, -0.1) is 0 Å². The Bertz CT molecular complexity index is 967. The van der Waals surface area contributed by atoms with Crippen molar-refractivity contribution in [3.8, 4) is 5.69 Å². The minimum atomic E-state index is 0.195. The summed E-state index contributed by atoms with van der Waals surface area (Å²) in [6, 6.07) is 8.29. The van der Waals surface area contributed by atoms with Gasteiger partial charge in [0.15, 0.2) is 10.8 Å². The number of hydrogen-bond donors (Lipinski definition) is 0. The van der Waals surface area contributed by atoms with Gasteiger partial charge in [-0.2, -0.15) is 10.1 Å². The molecule has 1 fully saturated rings. The molecular formula is C21H27N5OS. The van der Waals surface area contributed by atoms with Crippen LogP contribution in [0, 0.1) is 13.8 Å². The number of likely N-dealkylation sites (N-methyl/N-ethyl adjacent to an activating group) is 1. The molecule has 4 rings (SSSR count). The molecule has 0 N–H and O–H groups in total. The maximum absolute atomic E-state index is 12.7. The van der Waals surface area contributed by atoms with Gasteiger partial charge < -0.3 is 9.80 Å². The average Bonchev–Trinajstić information content (AvgIpc) is 3.11. The van der Waals surface area contributed by atoms with Crippen molar-refractivity contribution in [2.75, 3.05) is 31.6 Å². The topological polar surface area (TPSA) is 54.3 Å². The highest BCUT2D eigenvalue weighted by Gasteiger charge is 2.21. The Morgan fingerprint density at radius 3 is 2.46 bits per heavy atom. The second-order valence-corrected chi connectivity index (χ2v) is 8.61. The lowest BCUT2D eigenvalue weighted by molar-refractivity contribution is -0.129. The molecule has 7 heteroatoms. The fraction of sp³-hybridized carbons (Fsp3) is 0.476. The van der Waals surface area contributed by atoms with Crippen LogP contribution in [0.15, 0.2) is 24.3 Å². The summed E-state index contributed by atoms with van der Waals surface area (Å²) in [5.41, 5.74) is 4.04. The van der Waals surface area contributed by atoms with Crippen LogP contribution in [0.3, 0.4) is 0 Å². The van der Waals surface area contributed by atoms with Gasteiger partial charge in [-0.1, -0.05) is 41.9 Å². The first-order valence-corrected chi connectivity index (χ1v) is 10.8. The van der Waals surface area contributed by atoms with Crippen LogP contribution in [-0.4, -0.2) is 52.3 Å². The fourth-order valence-corrected chi connectivity index (χ4v) is 4.59. The molecule has 2 aromatic heterocycles. The molecule has 0 saturated carbocycles. The number of carbonyl (C=O) groups excluding carboxylic acids is 1. The number of rotatable bonds is 4.